The number of carbonyl (C=O) groups is 2. The van der Waals surface area contributed by atoms with Gasteiger partial charge in [0.25, 0.3) is 5.91 Å². The summed E-state index contributed by atoms with van der Waals surface area (Å²) in [6, 6.07) is 16.8. The van der Waals surface area contributed by atoms with Gasteiger partial charge in [0.2, 0.25) is 15.9 Å². The predicted molar refractivity (Wildman–Crippen MR) is 125 cm³/mol. The molecule has 0 spiro atoms. The van der Waals surface area contributed by atoms with E-state index in [1.54, 1.807) is 30.3 Å². The second-order valence-electron chi connectivity index (χ2n) is 7.66. The Kier molecular flexibility index (Phi) is 6.14. The molecular weight excluding hydrogens is 446 g/mol. The lowest BCUT2D eigenvalue weighted by atomic mass is 10.1. The number of nitrogens with two attached hydrogens (primary N) is 1. The maximum Gasteiger partial charge on any atom is 0.251 e. The number of sulfonamides is 1. The summed E-state index contributed by atoms with van der Waals surface area (Å²) >= 11 is 1.23. The average molecular weight is 470 g/mol. The first-order chi connectivity index (χ1) is 15.3. The van der Waals surface area contributed by atoms with Crippen molar-refractivity contribution in [2.75, 3.05) is 11.9 Å². The quantitative estimate of drug-likeness (QED) is 0.575. The lowest BCUT2D eigenvalue weighted by Gasteiger charge is -2.23. The summed E-state index contributed by atoms with van der Waals surface area (Å²) in [6.07, 6.45) is 0.977. The van der Waals surface area contributed by atoms with Crippen molar-refractivity contribution in [1.82, 2.24) is 4.31 Å². The molecule has 1 aromatic heterocycles. The van der Waals surface area contributed by atoms with E-state index in [1.807, 2.05) is 37.3 Å². The van der Waals surface area contributed by atoms with E-state index < -0.39 is 27.9 Å². The summed E-state index contributed by atoms with van der Waals surface area (Å²) in [7, 11) is -3.82. The Morgan fingerprint density at radius 3 is 2.44 bits per heavy atom. The number of nitrogens with one attached hydrogen (secondary N) is 1. The van der Waals surface area contributed by atoms with Gasteiger partial charge in [0.1, 0.15) is 11.0 Å². The van der Waals surface area contributed by atoms with Crippen molar-refractivity contribution in [3.8, 4) is 10.4 Å². The SMILES string of the molecule is Cc1ccc(S(=O)(=O)N2CCCC2C(=O)Nc2sc(-c3ccccc3)cc2C(N)=O)cc1. The minimum absolute atomic E-state index is 0.156. The van der Waals surface area contributed by atoms with E-state index in [0.717, 1.165) is 16.0 Å². The van der Waals surface area contributed by atoms with Crippen molar-refractivity contribution in [3.63, 3.8) is 0 Å². The van der Waals surface area contributed by atoms with E-state index in [9.17, 15) is 18.0 Å². The van der Waals surface area contributed by atoms with Crippen LogP contribution < -0.4 is 11.1 Å². The Morgan fingerprint density at radius 1 is 1.09 bits per heavy atom. The summed E-state index contributed by atoms with van der Waals surface area (Å²) in [5, 5.41) is 3.08. The van der Waals surface area contributed by atoms with Crippen molar-refractivity contribution in [2.45, 2.75) is 30.7 Å². The maximum absolute atomic E-state index is 13.2. The third kappa shape index (κ3) is 4.32. The van der Waals surface area contributed by atoms with Gasteiger partial charge in [0, 0.05) is 11.4 Å². The van der Waals surface area contributed by atoms with Gasteiger partial charge in [0.05, 0.1) is 10.5 Å². The first-order valence-electron chi connectivity index (χ1n) is 10.2. The lowest BCUT2D eigenvalue weighted by Crippen LogP contribution is -2.43. The van der Waals surface area contributed by atoms with Crippen LogP contribution in [0.25, 0.3) is 10.4 Å². The van der Waals surface area contributed by atoms with E-state index >= 15 is 0 Å². The van der Waals surface area contributed by atoms with Crippen molar-refractivity contribution in [1.29, 1.82) is 0 Å². The molecule has 3 aromatic rings. The molecule has 2 heterocycles. The molecule has 1 fully saturated rings. The molecule has 3 N–H and O–H groups in total. The standard InChI is InChI=1S/C23H23N3O4S2/c1-15-9-11-17(12-10-15)32(29,30)26-13-5-8-19(26)22(28)25-23-18(21(24)27)14-20(31-23)16-6-3-2-4-7-16/h2-4,6-7,9-12,14,19H,5,8,13H2,1H3,(H2,24,27)(H,25,28). The van der Waals surface area contributed by atoms with Crippen LogP contribution in [0.5, 0.6) is 0 Å². The molecule has 1 saturated heterocycles. The Balaban J connectivity index is 1.60. The molecule has 0 bridgehead atoms. The zero-order chi connectivity index (χ0) is 22.9. The molecule has 2 amide bonds. The molecule has 1 aliphatic heterocycles. The molecule has 1 aliphatic rings. The summed E-state index contributed by atoms with van der Waals surface area (Å²) in [6.45, 7) is 2.14. The Bertz CT molecular complexity index is 1250. The van der Waals surface area contributed by atoms with Crippen molar-refractivity contribution in [2.24, 2.45) is 5.73 Å². The molecule has 166 valence electrons. The second-order valence-corrected chi connectivity index (χ2v) is 10.6. The fourth-order valence-electron chi connectivity index (χ4n) is 3.74. The van der Waals surface area contributed by atoms with Gasteiger partial charge in [-0.25, -0.2) is 8.42 Å². The van der Waals surface area contributed by atoms with Crippen LogP contribution in [-0.2, 0) is 14.8 Å². The normalized spacial score (nSPS) is 16.7. The lowest BCUT2D eigenvalue weighted by molar-refractivity contribution is -0.119. The third-order valence-electron chi connectivity index (χ3n) is 5.43. The van der Waals surface area contributed by atoms with Crippen LogP contribution in [0.15, 0.2) is 65.6 Å². The first-order valence-corrected chi connectivity index (χ1v) is 12.4. The maximum atomic E-state index is 13.2. The van der Waals surface area contributed by atoms with E-state index in [1.165, 1.54) is 15.6 Å². The molecule has 0 radical (unpaired) electrons. The topological polar surface area (TPSA) is 110 Å². The van der Waals surface area contributed by atoms with Crippen LogP contribution in [0, 0.1) is 6.92 Å². The number of hydrogen-bond acceptors (Lipinski definition) is 5. The van der Waals surface area contributed by atoms with Crippen LogP contribution >= 0.6 is 11.3 Å². The molecule has 32 heavy (non-hydrogen) atoms. The number of hydrogen-bond donors (Lipinski definition) is 2. The number of thiophene rings is 1. The number of nitrogens with zero attached hydrogens (tertiary/aromatic N) is 1. The van der Waals surface area contributed by atoms with Gasteiger partial charge < -0.3 is 11.1 Å². The van der Waals surface area contributed by atoms with Gasteiger partial charge in [-0.05, 0) is 43.5 Å². The third-order valence-corrected chi connectivity index (χ3v) is 8.45. The van der Waals surface area contributed by atoms with Crippen molar-refractivity contribution in [3.05, 3.63) is 71.8 Å². The largest absolute Gasteiger partial charge is 0.366 e. The Labute approximate surface area is 190 Å². The summed E-state index contributed by atoms with van der Waals surface area (Å²) in [5.41, 5.74) is 7.58. The number of primary amides is 1. The van der Waals surface area contributed by atoms with Gasteiger partial charge >= 0.3 is 0 Å². The van der Waals surface area contributed by atoms with Crippen molar-refractivity contribution < 1.29 is 18.0 Å². The van der Waals surface area contributed by atoms with Gasteiger partial charge in [-0.1, -0.05) is 48.0 Å². The smallest absolute Gasteiger partial charge is 0.251 e. The van der Waals surface area contributed by atoms with E-state index in [0.29, 0.717) is 17.8 Å². The van der Waals surface area contributed by atoms with Crippen LogP contribution in [0.1, 0.15) is 28.8 Å². The number of aryl methyl sites for hydroxylation is 1. The molecule has 0 saturated carbocycles. The van der Waals surface area contributed by atoms with Gasteiger partial charge in [0.15, 0.2) is 0 Å². The van der Waals surface area contributed by atoms with Crippen molar-refractivity contribution >= 4 is 38.2 Å². The zero-order valence-corrected chi connectivity index (χ0v) is 19.1. The monoisotopic (exact) mass is 469 g/mol. The highest BCUT2D eigenvalue weighted by Crippen LogP contribution is 2.36. The number of anilines is 1. The van der Waals surface area contributed by atoms with E-state index in [-0.39, 0.29) is 17.0 Å². The molecular formula is C23H23N3O4S2. The van der Waals surface area contributed by atoms with E-state index in [4.69, 9.17) is 5.73 Å². The molecule has 4 rings (SSSR count). The minimum Gasteiger partial charge on any atom is -0.366 e. The van der Waals surface area contributed by atoms with Crippen LogP contribution in [-0.4, -0.2) is 37.1 Å². The highest BCUT2D eigenvalue weighted by Gasteiger charge is 2.39. The molecule has 9 heteroatoms. The van der Waals surface area contributed by atoms with Gasteiger partial charge in [-0.3, -0.25) is 9.59 Å². The van der Waals surface area contributed by atoms with Gasteiger partial charge in [-0.15, -0.1) is 11.3 Å². The van der Waals surface area contributed by atoms with E-state index in [2.05, 4.69) is 5.32 Å². The highest BCUT2D eigenvalue weighted by molar-refractivity contribution is 7.89. The minimum atomic E-state index is -3.82. The Hall–Kier alpha value is -3.01. The fraction of sp³-hybridized carbons (Fsp3) is 0.217. The fourth-order valence-corrected chi connectivity index (χ4v) is 6.47. The molecule has 1 unspecified atom stereocenters. The van der Waals surface area contributed by atoms with Crippen LogP contribution in [0.2, 0.25) is 0 Å². The number of amides is 2. The summed E-state index contributed by atoms with van der Waals surface area (Å²) in [4.78, 5) is 26.0. The first kappa shape index (κ1) is 22.2. The number of rotatable bonds is 6. The average Bonchev–Trinajstić information content (AvgIpc) is 3.43. The molecule has 7 nitrogen and oxygen atoms in total. The molecule has 2 aromatic carbocycles. The van der Waals surface area contributed by atoms with Gasteiger partial charge in [-0.2, -0.15) is 4.31 Å². The summed E-state index contributed by atoms with van der Waals surface area (Å²) in [5.74, 6) is -1.13. The number of benzene rings is 2. The number of carbonyl (C=O) groups excluding carboxylic acids is 2. The van der Waals surface area contributed by atoms with Crippen LogP contribution in [0.4, 0.5) is 5.00 Å². The Morgan fingerprint density at radius 2 is 1.78 bits per heavy atom. The predicted octanol–water partition coefficient (Wildman–Crippen LogP) is 3.61. The second kappa shape index (κ2) is 8.85. The highest BCUT2D eigenvalue weighted by atomic mass is 32.2. The zero-order valence-electron chi connectivity index (χ0n) is 17.4. The summed E-state index contributed by atoms with van der Waals surface area (Å²) < 4.78 is 27.5. The van der Waals surface area contributed by atoms with Crippen LogP contribution in [0.3, 0.4) is 0 Å². The molecule has 0 aliphatic carbocycles. The molecule has 1 atom stereocenters.